The molecule has 0 fully saturated rings. The minimum atomic E-state index is 0.396. The van der Waals surface area contributed by atoms with Crippen LogP contribution in [-0.2, 0) is 0 Å². The molecule has 0 saturated carbocycles. The zero-order valence-electron chi connectivity index (χ0n) is 8.70. The van der Waals surface area contributed by atoms with Crippen LogP contribution in [0.25, 0.3) is 0 Å². The summed E-state index contributed by atoms with van der Waals surface area (Å²) in [7, 11) is 0. The highest BCUT2D eigenvalue weighted by molar-refractivity contribution is 5.38. The Morgan fingerprint density at radius 2 is 1.62 bits per heavy atom. The Labute approximate surface area is 79.6 Å². The van der Waals surface area contributed by atoms with E-state index in [1.165, 1.54) is 0 Å². The van der Waals surface area contributed by atoms with Gasteiger partial charge in [-0.2, -0.15) is 0 Å². The van der Waals surface area contributed by atoms with Gasteiger partial charge >= 0.3 is 0 Å². The van der Waals surface area contributed by atoms with E-state index in [1.807, 2.05) is 12.4 Å². The monoisotopic (exact) mass is 179 g/mol. The molecule has 1 heterocycles. The average Bonchev–Trinajstić information content (AvgIpc) is 2.04. The largest absolute Gasteiger partial charge is 0.380 e. The summed E-state index contributed by atoms with van der Waals surface area (Å²) in [6.45, 7) is 8.36. The van der Waals surface area contributed by atoms with Gasteiger partial charge in [0.1, 0.15) is 5.82 Å². The number of hydrogen-bond donors (Lipinski definition) is 1. The second-order valence-corrected chi connectivity index (χ2v) is 3.78. The zero-order chi connectivity index (χ0) is 9.84. The second-order valence-electron chi connectivity index (χ2n) is 3.78. The molecule has 0 aliphatic rings. The molecule has 0 radical (unpaired) electrons. The lowest BCUT2D eigenvalue weighted by Crippen LogP contribution is -2.10. The van der Waals surface area contributed by atoms with Crippen molar-refractivity contribution in [2.75, 3.05) is 5.32 Å². The van der Waals surface area contributed by atoms with Gasteiger partial charge in [-0.1, -0.05) is 13.8 Å². The molecule has 0 amide bonds. The molecule has 13 heavy (non-hydrogen) atoms. The van der Waals surface area contributed by atoms with Crippen molar-refractivity contribution in [1.82, 2.24) is 9.97 Å². The van der Waals surface area contributed by atoms with E-state index in [1.54, 1.807) is 0 Å². The smallest absolute Gasteiger partial charge is 0.130 e. The van der Waals surface area contributed by atoms with Gasteiger partial charge in [-0.05, 0) is 13.8 Å². The lowest BCUT2D eigenvalue weighted by Gasteiger charge is -2.09. The molecule has 0 bridgehead atoms. The van der Waals surface area contributed by atoms with Gasteiger partial charge in [-0.15, -0.1) is 0 Å². The van der Waals surface area contributed by atoms with Crippen molar-refractivity contribution in [1.29, 1.82) is 0 Å². The molecule has 3 heteroatoms. The molecule has 3 nitrogen and oxygen atoms in total. The number of aromatic nitrogens is 2. The lowest BCUT2D eigenvalue weighted by molar-refractivity contribution is 0.772. The summed E-state index contributed by atoms with van der Waals surface area (Å²) in [6.07, 6.45) is 3.67. The Kier molecular flexibility index (Phi) is 3.23. The van der Waals surface area contributed by atoms with Crippen LogP contribution in [0.3, 0.4) is 0 Å². The molecular weight excluding hydrogens is 162 g/mol. The molecule has 0 saturated heterocycles. The third-order valence-electron chi connectivity index (χ3n) is 1.64. The fourth-order valence-corrected chi connectivity index (χ4v) is 1.04. The fraction of sp³-hybridized carbons (Fsp3) is 0.600. The lowest BCUT2D eigenvalue weighted by atomic mass is 10.2. The number of hydrogen-bond acceptors (Lipinski definition) is 3. The van der Waals surface area contributed by atoms with Crippen molar-refractivity contribution in [3.63, 3.8) is 0 Å². The topological polar surface area (TPSA) is 37.8 Å². The molecule has 0 unspecified atom stereocenters. The zero-order valence-corrected chi connectivity index (χ0v) is 8.70. The highest BCUT2D eigenvalue weighted by Crippen LogP contribution is 2.10. The van der Waals surface area contributed by atoms with Crippen LogP contribution in [0.4, 0.5) is 5.69 Å². The maximum Gasteiger partial charge on any atom is 0.130 e. The summed E-state index contributed by atoms with van der Waals surface area (Å²) >= 11 is 0. The summed E-state index contributed by atoms with van der Waals surface area (Å²) in [5.41, 5.74) is 0.986. The first-order chi connectivity index (χ1) is 6.09. The van der Waals surface area contributed by atoms with Gasteiger partial charge in [-0.3, -0.25) is 0 Å². The fourth-order valence-electron chi connectivity index (χ4n) is 1.04. The van der Waals surface area contributed by atoms with Gasteiger partial charge in [0.25, 0.3) is 0 Å². The predicted molar refractivity (Wildman–Crippen MR) is 54.9 cm³/mol. The summed E-state index contributed by atoms with van der Waals surface area (Å²) in [5, 5.41) is 3.25. The predicted octanol–water partition coefficient (Wildman–Crippen LogP) is 2.42. The second kappa shape index (κ2) is 4.21. The molecule has 0 spiro atoms. The third kappa shape index (κ3) is 3.01. The van der Waals surface area contributed by atoms with Crippen molar-refractivity contribution in [2.45, 2.75) is 39.7 Å². The molecule has 0 atom stereocenters. The average molecular weight is 179 g/mol. The number of rotatable bonds is 3. The van der Waals surface area contributed by atoms with E-state index in [9.17, 15) is 0 Å². The van der Waals surface area contributed by atoms with Crippen molar-refractivity contribution in [2.24, 2.45) is 0 Å². The van der Waals surface area contributed by atoms with Gasteiger partial charge in [-0.25, -0.2) is 9.97 Å². The van der Waals surface area contributed by atoms with Gasteiger partial charge in [0.15, 0.2) is 0 Å². The Morgan fingerprint density at radius 3 is 2.00 bits per heavy atom. The summed E-state index contributed by atoms with van der Waals surface area (Å²) in [5.74, 6) is 1.29. The van der Waals surface area contributed by atoms with Crippen LogP contribution in [-0.4, -0.2) is 16.0 Å². The van der Waals surface area contributed by atoms with E-state index in [0.29, 0.717) is 12.0 Å². The van der Waals surface area contributed by atoms with Crippen molar-refractivity contribution in [3.8, 4) is 0 Å². The number of nitrogens with one attached hydrogen (secondary N) is 1. The molecule has 1 rings (SSSR count). The molecular formula is C10H17N3. The Balaban J connectivity index is 2.70. The Morgan fingerprint density at radius 1 is 1.08 bits per heavy atom. The maximum absolute atomic E-state index is 4.26. The first-order valence-electron chi connectivity index (χ1n) is 4.68. The maximum atomic E-state index is 4.26. The van der Waals surface area contributed by atoms with E-state index >= 15 is 0 Å². The minimum Gasteiger partial charge on any atom is -0.380 e. The van der Waals surface area contributed by atoms with Crippen LogP contribution >= 0.6 is 0 Å². The Hall–Kier alpha value is -1.12. The standard InChI is InChI=1S/C10H17N3/c1-7(2)10-11-5-9(6-12-10)13-8(3)4/h5-8,13H,1-4H3. The van der Waals surface area contributed by atoms with Crippen LogP contribution < -0.4 is 5.32 Å². The summed E-state index contributed by atoms with van der Waals surface area (Å²) < 4.78 is 0. The van der Waals surface area contributed by atoms with Crippen molar-refractivity contribution < 1.29 is 0 Å². The minimum absolute atomic E-state index is 0.396. The highest BCUT2D eigenvalue weighted by Gasteiger charge is 2.02. The van der Waals surface area contributed by atoms with Gasteiger partial charge in [0.05, 0.1) is 18.1 Å². The normalized spacial score (nSPS) is 10.9. The van der Waals surface area contributed by atoms with Crippen LogP contribution in [0.15, 0.2) is 12.4 Å². The van der Waals surface area contributed by atoms with Crippen LogP contribution in [0, 0.1) is 0 Å². The van der Waals surface area contributed by atoms with Gasteiger partial charge < -0.3 is 5.32 Å². The molecule has 0 aliphatic heterocycles. The van der Waals surface area contributed by atoms with Crippen LogP contribution in [0.1, 0.15) is 39.4 Å². The van der Waals surface area contributed by atoms with Crippen molar-refractivity contribution in [3.05, 3.63) is 18.2 Å². The van der Waals surface area contributed by atoms with E-state index < -0.39 is 0 Å². The highest BCUT2D eigenvalue weighted by atomic mass is 15.0. The van der Waals surface area contributed by atoms with E-state index in [4.69, 9.17) is 0 Å². The molecule has 0 aromatic carbocycles. The molecule has 72 valence electrons. The van der Waals surface area contributed by atoms with E-state index in [2.05, 4.69) is 43.0 Å². The van der Waals surface area contributed by atoms with Gasteiger partial charge in [0, 0.05) is 12.0 Å². The van der Waals surface area contributed by atoms with Crippen LogP contribution in [0.2, 0.25) is 0 Å². The number of nitrogens with zero attached hydrogens (tertiary/aromatic N) is 2. The Bertz CT molecular complexity index is 251. The summed E-state index contributed by atoms with van der Waals surface area (Å²) in [4.78, 5) is 8.52. The molecule has 1 N–H and O–H groups in total. The van der Waals surface area contributed by atoms with Crippen molar-refractivity contribution >= 4 is 5.69 Å². The molecule has 1 aromatic heterocycles. The van der Waals surface area contributed by atoms with E-state index in [-0.39, 0.29) is 0 Å². The molecule has 0 aliphatic carbocycles. The quantitative estimate of drug-likeness (QED) is 0.774. The van der Waals surface area contributed by atoms with E-state index in [0.717, 1.165) is 11.5 Å². The first kappa shape index (κ1) is 9.96. The van der Waals surface area contributed by atoms with Gasteiger partial charge in [0.2, 0.25) is 0 Å². The van der Waals surface area contributed by atoms with Crippen LogP contribution in [0.5, 0.6) is 0 Å². The SMILES string of the molecule is CC(C)Nc1cnc(C(C)C)nc1. The first-order valence-corrected chi connectivity index (χ1v) is 4.68. The summed E-state index contributed by atoms with van der Waals surface area (Å²) in [6, 6.07) is 0.425. The third-order valence-corrected chi connectivity index (χ3v) is 1.64. The molecule has 1 aromatic rings. The number of anilines is 1.